The molecule has 28 heavy (non-hydrogen) atoms. The lowest BCUT2D eigenvalue weighted by Gasteiger charge is -2.40. The van der Waals surface area contributed by atoms with Crippen LogP contribution in [-0.2, 0) is 11.8 Å². The Hall–Kier alpha value is -0.890. The summed E-state index contributed by atoms with van der Waals surface area (Å²) < 4.78 is 2.44. The second-order valence-electron chi connectivity index (χ2n) is 7.68. The summed E-state index contributed by atoms with van der Waals surface area (Å²) >= 11 is 19.8. The normalized spacial score (nSPS) is 24.0. The number of benzene rings is 2. The highest BCUT2D eigenvalue weighted by Gasteiger charge is 2.30. The zero-order valence-electron chi connectivity index (χ0n) is 16.3. The summed E-state index contributed by atoms with van der Waals surface area (Å²) in [5.74, 6) is 5.38. The van der Waals surface area contributed by atoms with Crippen molar-refractivity contribution in [1.29, 1.82) is 0 Å². The zero-order chi connectivity index (χ0) is 20.1. The Kier molecular flexibility index (Phi) is 7.59. The largest absolute Gasteiger partial charge is 0.268 e. The fourth-order valence-electron chi connectivity index (χ4n) is 3.75. The van der Waals surface area contributed by atoms with Crippen molar-refractivity contribution in [3.05, 3.63) is 83.4 Å². The second kappa shape index (κ2) is 9.74. The van der Waals surface area contributed by atoms with Crippen LogP contribution in [0, 0.1) is 11.8 Å². The quantitative estimate of drug-likeness (QED) is 0.427. The first kappa shape index (κ1) is 21.8. The van der Waals surface area contributed by atoms with E-state index in [1.54, 1.807) is 0 Å². The molecule has 0 unspecified atom stereocenters. The van der Waals surface area contributed by atoms with Gasteiger partial charge in [0.2, 0.25) is 0 Å². The third kappa shape index (κ3) is 5.59. The summed E-state index contributed by atoms with van der Waals surface area (Å²) in [7, 11) is 0. The summed E-state index contributed by atoms with van der Waals surface area (Å²) in [6.45, 7) is 6.56. The lowest BCUT2D eigenvalue weighted by atomic mass is 9.94. The van der Waals surface area contributed by atoms with Crippen molar-refractivity contribution in [1.82, 2.24) is 4.67 Å². The number of halogens is 2. The predicted octanol–water partition coefficient (Wildman–Crippen LogP) is 7.83. The van der Waals surface area contributed by atoms with Gasteiger partial charge in [-0.2, -0.15) is 0 Å². The fraction of sp³-hybridized carbons (Fsp3) is 0.304. The summed E-state index contributed by atoms with van der Waals surface area (Å²) in [6, 6.07) is 20.0. The van der Waals surface area contributed by atoms with Crippen LogP contribution >= 0.6 is 29.4 Å². The molecule has 2 aromatic rings. The number of nitrogens with zero attached hydrogens (tertiary/aromatic N) is 1. The smallest absolute Gasteiger partial charge is 0.0600 e. The minimum Gasteiger partial charge on any atom is -0.268 e. The molecular weight excluding hydrogens is 424 g/mol. The standard InChI is InChI=1S/C23H26Cl2NPS/c1-18-13-19(2)15-26(14-18)27(28,16-22(24)20-9-5-3-6-10-20)17-23(25)21-11-7-4-8-12-21/h3-12,16-19H,13-15H2,1-2H3/t18-,19+,27?. The highest BCUT2D eigenvalue weighted by Crippen LogP contribution is 2.58. The van der Waals surface area contributed by atoms with Gasteiger partial charge in [-0.05, 0) is 41.0 Å². The minimum absolute atomic E-state index is 0.610. The van der Waals surface area contributed by atoms with Crippen LogP contribution in [0.25, 0.3) is 10.1 Å². The SMILES string of the molecule is C[C@@H]1C[C@H](C)CN(P(=S)(C=C(Cl)c2ccccc2)C=C(Cl)c2ccccc2)C1. The molecule has 0 radical (unpaired) electrons. The summed E-state index contributed by atoms with van der Waals surface area (Å²) in [6.07, 6.45) is -1.000. The molecule has 5 heteroatoms. The van der Waals surface area contributed by atoms with Gasteiger partial charge in [0.05, 0.1) is 16.3 Å². The fourth-order valence-corrected chi connectivity index (χ4v) is 8.70. The molecular formula is C23H26Cl2NPS. The van der Waals surface area contributed by atoms with Crippen molar-refractivity contribution < 1.29 is 0 Å². The Balaban J connectivity index is 2.04. The van der Waals surface area contributed by atoms with Crippen molar-refractivity contribution >= 4 is 51.3 Å². The van der Waals surface area contributed by atoms with E-state index in [1.165, 1.54) is 6.42 Å². The van der Waals surface area contributed by atoms with Crippen molar-refractivity contribution in [3.8, 4) is 0 Å². The van der Waals surface area contributed by atoms with Gasteiger partial charge in [-0.3, -0.25) is 4.67 Å². The molecule has 2 atom stereocenters. The Morgan fingerprint density at radius 1 is 0.857 bits per heavy atom. The lowest BCUT2D eigenvalue weighted by Crippen LogP contribution is -2.35. The lowest BCUT2D eigenvalue weighted by molar-refractivity contribution is 0.232. The summed E-state index contributed by atoms with van der Waals surface area (Å²) in [5, 5.41) is 1.40. The molecule has 0 amide bonds. The molecule has 1 heterocycles. The highest BCUT2D eigenvalue weighted by atomic mass is 35.5. The van der Waals surface area contributed by atoms with Crippen LogP contribution in [0.1, 0.15) is 31.4 Å². The average molecular weight is 450 g/mol. The monoisotopic (exact) mass is 449 g/mol. The van der Waals surface area contributed by atoms with E-state index < -0.39 is 6.19 Å². The van der Waals surface area contributed by atoms with E-state index in [0.29, 0.717) is 21.9 Å². The number of hydrogen-bond donors (Lipinski definition) is 0. The molecule has 3 rings (SSSR count). The maximum absolute atomic E-state index is 6.74. The van der Waals surface area contributed by atoms with Crippen LogP contribution in [0.4, 0.5) is 0 Å². The van der Waals surface area contributed by atoms with Crippen LogP contribution in [0.2, 0.25) is 0 Å². The first-order chi connectivity index (χ1) is 13.4. The topological polar surface area (TPSA) is 3.24 Å². The van der Waals surface area contributed by atoms with E-state index in [1.807, 2.05) is 60.7 Å². The highest BCUT2D eigenvalue weighted by molar-refractivity contribution is 8.16. The number of hydrogen-bond acceptors (Lipinski definition) is 1. The maximum atomic E-state index is 6.74. The van der Waals surface area contributed by atoms with Gasteiger partial charge < -0.3 is 0 Å². The van der Waals surface area contributed by atoms with E-state index in [-0.39, 0.29) is 0 Å². The molecule has 0 saturated carbocycles. The van der Waals surface area contributed by atoms with Gasteiger partial charge in [0.1, 0.15) is 0 Å². The van der Waals surface area contributed by atoms with Gasteiger partial charge in [0.25, 0.3) is 0 Å². The van der Waals surface area contributed by atoms with E-state index in [2.05, 4.69) is 30.2 Å². The van der Waals surface area contributed by atoms with Gasteiger partial charge in [-0.1, -0.05) is 110 Å². The van der Waals surface area contributed by atoms with Crippen LogP contribution in [-0.4, -0.2) is 17.8 Å². The predicted molar refractivity (Wildman–Crippen MR) is 129 cm³/mol. The van der Waals surface area contributed by atoms with Crippen LogP contribution in [0.3, 0.4) is 0 Å². The molecule has 2 aromatic carbocycles. The van der Waals surface area contributed by atoms with Crippen LogP contribution < -0.4 is 0 Å². The minimum atomic E-state index is -2.23. The molecule has 0 aliphatic carbocycles. The summed E-state index contributed by atoms with van der Waals surface area (Å²) in [5.41, 5.74) is 1.97. The number of rotatable bonds is 5. The van der Waals surface area contributed by atoms with Gasteiger partial charge in [0.15, 0.2) is 0 Å². The third-order valence-electron chi connectivity index (χ3n) is 4.99. The van der Waals surface area contributed by atoms with Gasteiger partial charge >= 0.3 is 0 Å². The third-order valence-corrected chi connectivity index (χ3v) is 9.74. The van der Waals surface area contributed by atoms with Crippen molar-refractivity contribution in [2.45, 2.75) is 20.3 Å². The molecule has 1 aliphatic rings. The Labute approximate surface area is 184 Å². The molecule has 0 N–H and O–H groups in total. The van der Waals surface area contributed by atoms with Crippen molar-refractivity contribution in [2.24, 2.45) is 11.8 Å². The van der Waals surface area contributed by atoms with Gasteiger partial charge in [0, 0.05) is 13.1 Å². The molecule has 0 aromatic heterocycles. The van der Waals surface area contributed by atoms with Crippen LogP contribution in [0.5, 0.6) is 0 Å². The Morgan fingerprint density at radius 2 is 1.25 bits per heavy atom. The molecule has 1 nitrogen and oxygen atoms in total. The molecule has 0 spiro atoms. The Morgan fingerprint density at radius 3 is 1.64 bits per heavy atom. The van der Waals surface area contributed by atoms with E-state index in [4.69, 9.17) is 35.0 Å². The van der Waals surface area contributed by atoms with E-state index in [9.17, 15) is 0 Å². The first-order valence-corrected chi connectivity index (χ1v) is 13.2. The molecule has 148 valence electrons. The average Bonchev–Trinajstić information content (AvgIpc) is 2.68. The number of piperidine rings is 1. The molecule has 1 fully saturated rings. The van der Waals surface area contributed by atoms with E-state index >= 15 is 0 Å². The second-order valence-corrected chi connectivity index (χ2v) is 12.7. The maximum Gasteiger partial charge on any atom is 0.0600 e. The van der Waals surface area contributed by atoms with Gasteiger partial charge in [-0.15, -0.1) is 0 Å². The van der Waals surface area contributed by atoms with Crippen LogP contribution in [0.15, 0.2) is 72.3 Å². The van der Waals surface area contributed by atoms with Crippen molar-refractivity contribution in [2.75, 3.05) is 13.1 Å². The molecule has 0 bridgehead atoms. The molecule has 1 saturated heterocycles. The van der Waals surface area contributed by atoms with Gasteiger partial charge in [-0.25, -0.2) is 0 Å². The first-order valence-electron chi connectivity index (χ1n) is 9.60. The zero-order valence-corrected chi connectivity index (χ0v) is 19.5. The molecule has 1 aliphatic heterocycles. The Bertz CT molecular complexity index is 826. The van der Waals surface area contributed by atoms with Crippen molar-refractivity contribution in [3.63, 3.8) is 0 Å². The summed E-state index contributed by atoms with van der Waals surface area (Å²) in [4.78, 5) is 0. The van der Waals surface area contributed by atoms with E-state index in [0.717, 1.165) is 24.2 Å².